The fraction of sp³-hybridized carbons (Fsp3) is 0.200. The zero-order chi connectivity index (χ0) is 21.1. The summed E-state index contributed by atoms with van der Waals surface area (Å²) in [6.45, 7) is -0.104. The van der Waals surface area contributed by atoms with E-state index in [1.807, 2.05) is 0 Å². The zero-order valence-electron chi connectivity index (χ0n) is 15.1. The number of benzene rings is 2. The number of carbonyl (C=O) groups is 2. The maximum atomic E-state index is 12.7. The molecule has 1 unspecified atom stereocenters. The second-order valence-electron chi connectivity index (χ2n) is 6.43. The molecule has 0 aliphatic carbocycles. The Morgan fingerprint density at radius 1 is 1.10 bits per heavy atom. The third-order valence-electron chi connectivity index (χ3n) is 4.63. The lowest BCUT2D eigenvalue weighted by molar-refractivity contribution is -0.384. The van der Waals surface area contributed by atoms with Gasteiger partial charge >= 0.3 is 0 Å². The first-order valence-electron chi connectivity index (χ1n) is 8.74. The van der Waals surface area contributed by atoms with E-state index in [2.05, 4.69) is 0 Å². The van der Waals surface area contributed by atoms with Crippen LogP contribution in [-0.2, 0) is 9.59 Å². The van der Waals surface area contributed by atoms with Gasteiger partial charge < -0.3 is 15.1 Å². The number of likely N-dealkylation sites (tertiary alicyclic amines) is 1. The summed E-state index contributed by atoms with van der Waals surface area (Å²) in [6, 6.07) is 10.6. The predicted octanol–water partition coefficient (Wildman–Crippen LogP) is 3.05. The summed E-state index contributed by atoms with van der Waals surface area (Å²) >= 11 is 5.87. The molecule has 0 bridgehead atoms. The Morgan fingerprint density at radius 2 is 1.72 bits per heavy atom. The summed E-state index contributed by atoms with van der Waals surface area (Å²) < 4.78 is 0. The maximum Gasteiger partial charge on any atom is 0.295 e. The molecule has 8 nitrogen and oxygen atoms in total. The molecule has 2 aromatic rings. The van der Waals surface area contributed by atoms with E-state index in [4.69, 9.17) is 16.7 Å². The molecule has 2 aromatic carbocycles. The van der Waals surface area contributed by atoms with Gasteiger partial charge in [-0.2, -0.15) is 0 Å². The maximum absolute atomic E-state index is 12.7. The largest absolute Gasteiger partial charge is 0.507 e. The number of Topliss-reactive ketones (excluding diaryl/α,β-unsaturated/α-hetero) is 1. The summed E-state index contributed by atoms with van der Waals surface area (Å²) in [4.78, 5) is 36.9. The predicted molar refractivity (Wildman–Crippen MR) is 105 cm³/mol. The standard InChI is InChI=1S/C20H17ClN2O6/c21-14-6-2-13(3-7-14)18(25)16-17(12-4-8-15(9-5-12)23(28)29)22(10-1-11-24)20(27)19(16)26/h2-9,17,24-25H,1,10-11H2/b18-16+. The fourth-order valence-corrected chi connectivity index (χ4v) is 3.37. The number of ketones is 1. The van der Waals surface area contributed by atoms with Gasteiger partial charge in [0.25, 0.3) is 17.4 Å². The summed E-state index contributed by atoms with van der Waals surface area (Å²) in [5.74, 6) is -2.04. The van der Waals surface area contributed by atoms with Gasteiger partial charge in [0, 0.05) is 35.9 Å². The van der Waals surface area contributed by atoms with E-state index in [0.717, 1.165) is 0 Å². The topological polar surface area (TPSA) is 121 Å². The van der Waals surface area contributed by atoms with E-state index in [1.54, 1.807) is 12.1 Å². The van der Waals surface area contributed by atoms with Crippen LogP contribution in [0.25, 0.3) is 5.76 Å². The highest BCUT2D eigenvalue weighted by Crippen LogP contribution is 2.39. The van der Waals surface area contributed by atoms with Crippen molar-refractivity contribution in [2.24, 2.45) is 0 Å². The van der Waals surface area contributed by atoms with Gasteiger partial charge in [0.2, 0.25) is 0 Å². The molecule has 3 rings (SSSR count). The zero-order valence-corrected chi connectivity index (χ0v) is 15.9. The molecule has 1 saturated heterocycles. The van der Waals surface area contributed by atoms with Gasteiger partial charge in [-0.3, -0.25) is 19.7 Å². The van der Waals surface area contributed by atoms with Crippen LogP contribution in [0.2, 0.25) is 5.02 Å². The highest BCUT2D eigenvalue weighted by molar-refractivity contribution is 6.46. The van der Waals surface area contributed by atoms with Crippen LogP contribution in [0.4, 0.5) is 5.69 Å². The molecular weight excluding hydrogens is 400 g/mol. The lowest BCUT2D eigenvalue weighted by Crippen LogP contribution is -2.31. The highest BCUT2D eigenvalue weighted by atomic mass is 35.5. The molecule has 0 saturated carbocycles. The average Bonchev–Trinajstić information content (AvgIpc) is 2.97. The third kappa shape index (κ3) is 3.98. The van der Waals surface area contributed by atoms with Gasteiger partial charge in [-0.15, -0.1) is 0 Å². The summed E-state index contributed by atoms with van der Waals surface area (Å²) in [5, 5.41) is 31.3. The van der Waals surface area contributed by atoms with Gasteiger partial charge in [0.1, 0.15) is 5.76 Å². The molecule has 1 fully saturated rings. The number of aliphatic hydroxyl groups excluding tert-OH is 2. The van der Waals surface area contributed by atoms with Crippen LogP contribution < -0.4 is 0 Å². The Morgan fingerprint density at radius 3 is 2.28 bits per heavy atom. The normalized spacial score (nSPS) is 18.3. The lowest BCUT2D eigenvalue weighted by Gasteiger charge is -2.25. The molecule has 0 aromatic heterocycles. The second kappa shape index (κ2) is 8.42. The van der Waals surface area contributed by atoms with Crippen molar-refractivity contribution in [3.63, 3.8) is 0 Å². The van der Waals surface area contributed by atoms with E-state index < -0.39 is 22.7 Å². The number of nitro groups is 1. The van der Waals surface area contributed by atoms with Gasteiger partial charge in [0.15, 0.2) is 0 Å². The van der Waals surface area contributed by atoms with E-state index >= 15 is 0 Å². The Bertz CT molecular complexity index is 985. The van der Waals surface area contributed by atoms with Crippen molar-refractivity contribution in [1.82, 2.24) is 4.90 Å². The molecule has 1 heterocycles. The number of amides is 1. The molecule has 2 N–H and O–H groups in total. The number of aliphatic hydroxyl groups is 2. The van der Waals surface area contributed by atoms with Crippen molar-refractivity contribution in [2.45, 2.75) is 12.5 Å². The Hall–Kier alpha value is -3.23. The number of hydrogen-bond acceptors (Lipinski definition) is 6. The van der Waals surface area contributed by atoms with Crippen molar-refractivity contribution in [3.05, 3.63) is 80.4 Å². The van der Waals surface area contributed by atoms with Crippen LogP contribution in [0.15, 0.2) is 54.1 Å². The number of halogens is 1. The first-order chi connectivity index (χ1) is 13.8. The number of rotatable bonds is 6. The quantitative estimate of drug-likeness (QED) is 0.245. The molecule has 9 heteroatoms. The average molecular weight is 417 g/mol. The van der Waals surface area contributed by atoms with Crippen molar-refractivity contribution in [1.29, 1.82) is 0 Å². The molecule has 1 atom stereocenters. The molecule has 1 aliphatic rings. The van der Waals surface area contributed by atoms with Gasteiger partial charge in [-0.1, -0.05) is 11.6 Å². The lowest BCUT2D eigenvalue weighted by atomic mass is 9.95. The minimum Gasteiger partial charge on any atom is -0.507 e. The SMILES string of the molecule is O=C1C(=O)N(CCCO)C(c2ccc([N+](=O)[O-])cc2)/C1=C(\O)c1ccc(Cl)cc1. The summed E-state index contributed by atoms with van der Waals surface area (Å²) in [6.07, 6.45) is 0.234. The van der Waals surface area contributed by atoms with Crippen molar-refractivity contribution < 1.29 is 24.7 Å². The van der Waals surface area contributed by atoms with Crippen LogP contribution in [-0.4, -0.2) is 44.9 Å². The smallest absolute Gasteiger partial charge is 0.295 e. The van der Waals surface area contributed by atoms with E-state index in [1.165, 1.54) is 41.3 Å². The summed E-state index contributed by atoms with van der Waals surface area (Å²) in [7, 11) is 0. The molecule has 0 radical (unpaired) electrons. The van der Waals surface area contributed by atoms with Crippen molar-refractivity contribution in [3.8, 4) is 0 Å². The van der Waals surface area contributed by atoms with Gasteiger partial charge in [-0.05, 0) is 48.4 Å². The fourth-order valence-electron chi connectivity index (χ4n) is 3.24. The van der Waals surface area contributed by atoms with E-state index in [9.17, 15) is 24.8 Å². The third-order valence-corrected chi connectivity index (χ3v) is 4.89. The van der Waals surface area contributed by atoms with E-state index in [0.29, 0.717) is 16.1 Å². The number of nitrogens with zero attached hydrogens (tertiary/aromatic N) is 2. The van der Waals surface area contributed by atoms with Crippen LogP contribution >= 0.6 is 11.6 Å². The number of non-ortho nitro benzene ring substituents is 1. The number of hydrogen-bond donors (Lipinski definition) is 2. The number of carbonyl (C=O) groups excluding carboxylic acids is 2. The van der Waals surface area contributed by atoms with Crippen molar-refractivity contribution >= 4 is 34.7 Å². The van der Waals surface area contributed by atoms with E-state index in [-0.39, 0.29) is 36.6 Å². The minimum atomic E-state index is -0.932. The molecule has 0 spiro atoms. The molecule has 150 valence electrons. The molecular formula is C20H17ClN2O6. The Balaban J connectivity index is 2.14. The first kappa shape index (κ1) is 20.5. The molecule has 29 heavy (non-hydrogen) atoms. The van der Waals surface area contributed by atoms with Gasteiger partial charge in [-0.25, -0.2) is 0 Å². The van der Waals surface area contributed by atoms with Crippen LogP contribution in [0.1, 0.15) is 23.6 Å². The van der Waals surface area contributed by atoms with Crippen molar-refractivity contribution in [2.75, 3.05) is 13.2 Å². The number of nitro benzene ring substituents is 1. The van der Waals surface area contributed by atoms with Crippen LogP contribution in [0.5, 0.6) is 0 Å². The van der Waals surface area contributed by atoms with Crippen LogP contribution in [0.3, 0.4) is 0 Å². The molecule has 1 amide bonds. The molecule has 1 aliphatic heterocycles. The monoisotopic (exact) mass is 416 g/mol. The first-order valence-corrected chi connectivity index (χ1v) is 9.12. The van der Waals surface area contributed by atoms with Gasteiger partial charge in [0.05, 0.1) is 16.5 Å². The Kier molecular flexibility index (Phi) is 5.95. The minimum absolute atomic E-state index is 0.0835. The summed E-state index contributed by atoms with van der Waals surface area (Å²) in [5.41, 5.74) is 0.479. The second-order valence-corrected chi connectivity index (χ2v) is 6.86. The highest BCUT2D eigenvalue weighted by Gasteiger charge is 2.45. The van der Waals surface area contributed by atoms with Crippen LogP contribution in [0, 0.1) is 10.1 Å². The Labute approximate surface area is 170 Å².